The normalized spacial score (nSPS) is 16.4. The summed E-state index contributed by atoms with van der Waals surface area (Å²) in [6.45, 7) is 8.30. The smallest absolute Gasteiger partial charge is 0.220 e. The van der Waals surface area contributed by atoms with Gasteiger partial charge in [0.15, 0.2) is 0 Å². The molecule has 0 aliphatic carbocycles. The number of nitrogens with zero attached hydrogens (tertiary/aromatic N) is 3. The van der Waals surface area contributed by atoms with E-state index in [9.17, 15) is 4.79 Å². The maximum absolute atomic E-state index is 12.1. The van der Waals surface area contributed by atoms with E-state index in [1.807, 2.05) is 23.1 Å². The van der Waals surface area contributed by atoms with Crippen LogP contribution in [0.15, 0.2) is 42.5 Å². The van der Waals surface area contributed by atoms with Gasteiger partial charge in [-0.2, -0.15) is 0 Å². The molecule has 30 heavy (non-hydrogen) atoms. The zero-order chi connectivity index (χ0) is 21.1. The van der Waals surface area contributed by atoms with Gasteiger partial charge in [-0.1, -0.05) is 24.3 Å². The third-order valence-corrected chi connectivity index (χ3v) is 6.23. The molecule has 5 nitrogen and oxygen atoms in total. The Labute approximate surface area is 178 Å². The number of aryl methyl sites for hydroxylation is 2. The zero-order valence-electron chi connectivity index (χ0n) is 18.2. The van der Waals surface area contributed by atoms with Crippen molar-refractivity contribution in [2.45, 2.75) is 59.0 Å². The molecular weight excluding hydrogens is 374 g/mol. The van der Waals surface area contributed by atoms with Gasteiger partial charge in [0.05, 0.1) is 23.7 Å². The molecule has 1 amide bonds. The van der Waals surface area contributed by atoms with Gasteiger partial charge in [0.2, 0.25) is 5.91 Å². The zero-order valence-corrected chi connectivity index (χ0v) is 18.2. The van der Waals surface area contributed by atoms with E-state index >= 15 is 0 Å². The standard InChI is InChI=1S/C25H31N3O2/c1-18-10-8-14-24(19(18)2)30-17-7-6-15-28-22-12-5-4-11-21(22)26-25(28)23-13-9-16-27(23)20(3)29/h4-5,8,10-12,14,23H,6-7,9,13,15-17H2,1-3H3. The molecule has 1 aliphatic rings. The number of unbranched alkanes of at least 4 members (excludes halogenated alkanes) is 1. The van der Waals surface area contributed by atoms with Crippen molar-refractivity contribution in [2.75, 3.05) is 13.2 Å². The number of para-hydroxylation sites is 2. The van der Waals surface area contributed by atoms with Crippen LogP contribution >= 0.6 is 0 Å². The summed E-state index contributed by atoms with van der Waals surface area (Å²) in [5.41, 5.74) is 4.63. The summed E-state index contributed by atoms with van der Waals surface area (Å²) in [6.07, 6.45) is 4.00. The molecule has 2 heterocycles. The van der Waals surface area contributed by atoms with Crippen molar-refractivity contribution in [3.8, 4) is 5.75 Å². The van der Waals surface area contributed by atoms with Crippen molar-refractivity contribution in [3.05, 3.63) is 59.4 Å². The maximum Gasteiger partial charge on any atom is 0.220 e. The second-order valence-electron chi connectivity index (χ2n) is 8.23. The van der Waals surface area contributed by atoms with Gasteiger partial charge >= 0.3 is 0 Å². The van der Waals surface area contributed by atoms with E-state index in [1.165, 1.54) is 11.1 Å². The molecule has 3 aromatic rings. The first-order valence-electron chi connectivity index (χ1n) is 11.0. The number of rotatable bonds is 7. The lowest BCUT2D eigenvalue weighted by Gasteiger charge is -2.24. The van der Waals surface area contributed by atoms with Crippen LogP contribution in [0.3, 0.4) is 0 Å². The van der Waals surface area contributed by atoms with Crippen LogP contribution in [-0.4, -0.2) is 33.5 Å². The van der Waals surface area contributed by atoms with E-state index in [2.05, 4.69) is 42.7 Å². The third-order valence-electron chi connectivity index (χ3n) is 6.23. The molecule has 2 aromatic carbocycles. The first-order chi connectivity index (χ1) is 14.6. The Bertz CT molecular complexity index is 1040. The van der Waals surface area contributed by atoms with Gasteiger partial charge < -0.3 is 14.2 Å². The van der Waals surface area contributed by atoms with Crippen LogP contribution < -0.4 is 4.74 Å². The highest BCUT2D eigenvalue weighted by molar-refractivity contribution is 5.77. The molecule has 158 valence electrons. The van der Waals surface area contributed by atoms with Crippen molar-refractivity contribution >= 4 is 16.9 Å². The quantitative estimate of drug-likeness (QED) is 0.508. The highest BCUT2D eigenvalue weighted by atomic mass is 16.5. The summed E-state index contributed by atoms with van der Waals surface area (Å²) in [4.78, 5) is 19.0. The molecule has 0 spiro atoms. The minimum atomic E-state index is 0.0843. The van der Waals surface area contributed by atoms with Crippen LogP contribution in [0.1, 0.15) is 55.6 Å². The van der Waals surface area contributed by atoms with Gasteiger partial charge in [-0.3, -0.25) is 4.79 Å². The second kappa shape index (κ2) is 8.90. The van der Waals surface area contributed by atoms with Crippen molar-refractivity contribution < 1.29 is 9.53 Å². The summed E-state index contributed by atoms with van der Waals surface area (Å²) in [7, 11) is 0. The summed E-state index contributed by atoms with van der Waals surface area (Å²) in [6, 6.07) is 14.6. The number of carbonyl (C=O) groups is 1. The maximum atomic E-state index is 12.1. The SMILES string of the molecule is CC(=O)N1CCCC1c1nc2ccccc2n1CCCCOc1cccc(C)c1C. The first-order valence-corrected chi connectivity index (χ1v) is 11.0. The summed E-state index contributed by atoms with van der Waals surface area (Å²) in [5.74, 6) is 2.14. The lowest BCUT2D eigenvalue weighted by molar-refractivity contribution is -0.129. The Kier molecular flexibility index (Phi) is 6.07. The Morgan fingerprint density at radius 2 is 1.97 bits per heavy atom. The number of aromatic nitrogens is 2. The lowest BCUT2D eigenvalue weighted by atomic mass is 10.1. The second-order valence-corrected chi connectivity index (χ2v) is 8.23. The average Bonchev–Trinajstić information content (AvgIpc) is 3.35. The first kappa shape index (κ1) is 20.5. The van der Waals surface area contributed by atoms with E-state index < -0.39 is 0 Å². The molecule has 1 saturated heterocycles. The number of imidazole rings is 1. The van der Waals surface area contributed by atoms with E-state index in [4.69, 9.17) is 9.72 Å². The molecule has 0 bridgehead atoms. The van der Waals surface area contributed by atoms with Crippen molar-refractivity contribution in [1.82, 2.24) is 14.5 Å². The minimum Gasteiger partial charge on any atom is -0.493 e. The Morgan fingerprint density at radius 1 is 1.13 bits per heavy atom. The van der Waals surface area contributed by atoms with Crippen molar-refractivity contribution in [2.24, 2.45) is 0 Å². The summed E-state index contributed by atoms with van der Waals surface area (Å²) in [5, 5.41) is 0. The van der Waals surface area contributed by atoms with Crippen LogP contribution in [0.5, 0.6) is 5.75 Å². The molecule has 4 rings (SSSR count). The molecule has 1 aromatic heterocycles. The number of benzene rings is 2. The number of ether oxygens (including phenoxy) is 1. The van der Waals surface area contributed by atoms with Gasteiger partial charge in [-0.15, -0.1) is 0 Å². The van der Waals surface area contributed by atoms with Crippen LogP contribution in [0, 0.1) is 13.8 Å². The van der Waals surface area contributed by atoms with Gasteiger partial charge in [0.25, 0.3) is 0 Å². The molecule has 1 aliphatic heterocycles. The van der Waals surface area contributed by atoms with Gasteiger partial charge in [0.1, 0.15) is 11.6 Å². The number of hydrogen-bond donors (Lipinski definition) is 0. The number of fused-ring (bicyclic) bond motifs is 1. The largest absolute Gasteiger partial charge is 0.493 e. The predicted molar refractivity (Wildman–Crippen MR) is 120 cm³/mol. The Hall–Kier alpha value is -2.82. The highest BCUT2D eigenvalue weighted by Crippen LogP contribution is 2.33. The van der Waals surface area contributed by atoms with Gasteiger partial charge in [-0.05, 0) is 68.9 Å². The van der Waals surface area contributed by atoms with Crippen molar-refractivity contribution in [1.29, 1.82) is 0 Å². The van der Waals surface area contributed by atoms with Gasteiger partial charge in [0, 0.05) is 20.0 Å². The van der Waals surface area contributed by atoms with Crippen LogP contribution in [-0.2, 0) is 11.3 Å². The summed E-state index contributed by atoms with van der Waals surface area (Å²) >= 11 is 0. The number of likely N-dealkylation sites (tertiary alicyclic amines) is 1. The fourth-order valence-electron chi connectivity index (χ4n) is 4.43. The Morgan fingerprint density at radius 3 is 2.80 bits per heavy atom. The fraction of sp³-hybridized carbons (Fsp3) is 0.440. The van der Waals surface area contributed by atoms with Crippen molar-refractivity contribution in [3.63, 3.8) is 0 Å². The van der Waals surface area contributed by atoms with E-state index in [0.29, 0.717) is 6.61 Å². The van der Waals surface area contributed by atoms with Crippen LogP contribution in [0.25, 0.3) is 11.0 Å². The topological polar surface area (TPSA) is 47.4 Å². The number of carbonyl (C=O) groups excluding carboxylic acids is 1. The summed E-state index contributed by atoms with van der Waals surface area (Å²) < 4.78 is 8.34. The minimum absolute atomic E-state index is 0.0843. The number of amides is 1. The molecular formula is C25H31N3O2. The molecule has 0 radical (unpaired) electrons. The van der Waals surface area contributed by atoms with E-state index in [-0.39, 0.29) is 11.9 Å². The predicted octanol–water partition coefficient (Wildman–Crippen LogP) is 5.20. The van der Waals surface area contributed by atoms with Crippen LogP contribution in [0.4, 0.5) is 0 Å². The fourth-order valence-corrected chi connectivity index (χ4v) is 4.43. The van der Waals surface area contributed by atoms with Gasteiger partial charge in [-0.25, -0.2) is 4.98 Å². The lowest BCUT2D eigenvalue weighted by Crippen LogP contribution is -2.30. The van der Waals surface area contributed by atoms with E-state index in [1.54, 1.807) is 6.92 Å². The highest BCUT2D eigenvalue weighted by Gasteiger charge is 2.31. The number of hydrogen-bond acceptors (Lipinski definition) is 3. The average molecular weight is 406 g/mol. The molecule has 1 fully saturated rings. The third kappa shape index (κ3) is 4.07. The monoisotopic (exact) mass is 405 g/mol. The molecule has 1 unspecified atom stereocenters. The molecule has 5 heteroatoms. The van der Waals surface area contributed by atoms with E-state index in [0.717, 1.165) is 61.4 Å². The Balaban J connectivity index is 1.45. The van der Waals surface area contributed by atoms with Crippen LogP contribution in [0.2, 0.25) is 0 Å². The molecule has 1 atom stereocenters. The molecule has 0 saturated carbocycles. The molecule has 0 N–H and O–H groups in total.